The molecule has 0 radical (unpaired) electrons. The number of unbranched alkanes of at least 4 members (excludes halogenated alkanes) is 12. The Morgan fingerprint density at radius 3 is 1.24 bits per heavy atom. The lowest BCUT2D eigenvalue weighted by molar-refractivity contribution is -0.305. The van der Waals surface area contributed by atoms with Crippen LogP contribution in [0.25, 0.3) is 0 Å². The molecule has 0 spiro atoms. The van der Waals surface area contributed by atoms with E-state index in [9.17, 15) is 25.2 Å². The summed E-state index contributed by atoms with van der Waals surface area (Å²) in [5.74, 6) is -0.362. The van der Waals surface area contributed by atoms with E-state index in [1.807, 2.05) is 0 Å². The molecule has 9 heteroatoms. The largest absolute Gasteiger partial charge is 0.457 e. The third-order valence-corrected chi connectivity index (χ3v) is 11.6. The summed E-state index contributed by atoms with van der Waals surface area (Å²) in [6, 6.07) is 0. The number of carbonyl (C=O) groups is 1. The number of hydrogen-bond acceptors (Lipinski definition) is 9. The van der Waals surface area contributed by atoms with Gasteiger partial charge in [-0.05, 0) is 109 Å². The molecular weight excluding hydrogens is 877 g/mol. The molecule has 9 nitrogen and oxygen atoms in total. The van der Waals surface area contributed by atoms with E-state index in [-0.39, 0.29) is 25.6 Å². The summed E-state index contributed by atoms with van der Waals surface area (Å²) in [6.45, 7) is 4.25. The van der Waals surface area contributed by atoms with Gasteiger partial charge in [0.05, 0.1) is 19.8 Å². The second-order valence-electron chi connectivity index (χ2n) is 17.9. The number of aliphatic hydroxyl groups is 4. The van der Waals surface area contributed by atoms with Crippen molar-refractivity contribution in [2.45, 2.75) is 218 Å². The van der Waals surface area contributed by atoms with Gasteiger partial charge in [0.25, 0.3) is 0 Å². The normalized spacial score (nSPS) is 20.0. The van der Waals surface area contributed by atoms with Crippen LogP contribution < -0.4 is 0 Å². The first-order valence-corrected chi connectivity index (χ1v) is 27.3. The molecule has 1 aliphatic rings. The summed E-state index contributed by atoms with van der Waals surface area (Å²) in [5, 5.41) is 40.3. The maximum absolute atomic E-state index is 12.9. The van der Waals surface area contributed by atoms with Gasteiger partial charge in [0, 0.05) is 13.0 Å². The predicted molar refractivity (Wildman–Crippen MR) is 292 cm³/mol. The lowest BCUT2D eigenvalue weighted by Crippen LogP contribution is -2.59. The lowest BCUT2D eigenvalue weighted by atomic mass is 9.99. The minimum atomic E-state index is -1.56. The SMILES string of the molecule is CC/C=C\C/C=C\C/C=C\C/C=C\C/C=C\C/C=C\CCCCC(=O)OC(COCCCCCCCCCCCC/C=C\C/C=C\C/C=C\C/C=C\C/C=C\CC)COC1OC(CO)C(O)C(O)C1O. The molecule has 1 aliphatic heterocycles. The van der Waals surface area contributed by atoms with Crippen LogP contribution in [0.4, 0.5) is 0 Å². The summed E-state index contributed by atoms with van der Waals surface area (Å²) in [4.78, 5) is 12.9. The predicted octanol–water partition coefficient (Wildman–Crippen LogP) is 14.0. The van der Waals surface area contributed by atoms with Crippen LogP contribution in [0.15, 0.2) is 134 Å². The van der Waals surface area contributed by atoms with Gasteiger partial charge in [-0.1, -0.05) is 199 Å². The zero-order valence-electron chi connectivity index (χ0n) is 43.7. The van der Waals surface area contributed by atoms with E-state index in [1.165, 1.54) is 44.9 Å². The fraction of sp³-hybridized carbons (Fsp3) is 0.623. The molecule has 0 bridgehead atoms. The van der Waals surface area contributed by atoms with Crippen LogP contribution in [-0.2, 0) is 23.7 Å². The van der Waals surface area contributed by atoms with E-state index in [2.05, 4.69) is 148 Å². The van der Waals surface area contributed by atoms with E-state index < -0.39 is 43.4 Å². The Kier molecular flexibility index (Phi) is 46.2. The highest BCUT2D eigenvalue weighted by Crippen LogP contribution is 2.22. The van der Waals surface area contributed by atoms with Crippen molar-refractivity contribution in [1.82, 2.24) is 0 Å². The van der Waals surface area contributed by atoms with Crippen molar-refractivity contribution >= 4 is 5.97 Å². The standard InChI is InChI=1S/C61H98O9/c1-3-5-7-9-11-13-15-17-19-21-23-25-26-27-28-29-31-33-35-37-39-41-43-45-47-49-51-67-53-55(54-68-61-60(66)59(65)58(64)56(52-62)70-61)69-57(63)50-48-46-44-42-40-38-36-34-32-30-24-22-20-18-16-14-12-10-8-6-4-2/h5-8,11-14,17-20,23-25,27-28,30,34,36,40,42,55-56,58-62,64-66H,3-4,9-10,15-16,21-22,26,29,31-33,35,37-39,41,43-54H2,1-2H3/b7-5-,8-6-,13-11-,14-12-,19-17-,20-18-,25-23-,28-27-,30-24-,36-34-,42-40-. The van der Waals surface area contributed by atoms with Gasteiger partial charge < -0.3 is 39.4 Å². The van der Waals surface area contributed by atoms with Crippen molar-refractivity contribution in [2.24, 2.45) is 0 Å². The average Bonchev–Trinajstić information content (AvgIpc) is 3.36. The molecule has 1 saturated heterocycles. The van der Waals surface area contributed by atoms with Gasteiger partial charge in [0.1, 0.15) is 30.5 Å². The van der Waals surface area contributed by atoms with E-state index >= 15 is 0 Å². The number of hydrogen-bond donors (Lipinski definition) is 4. The van der Waals surface area contributed by atoms with Gasteiger partial charge in [-0.25, -0.2) is 0 Å². The molecule has 1 fully saturated rings. The number of allylic oxidation sites excluding steroid dienone is 22. The number of rotatable bonds is 45. The quantitative estimate of drug-likeness (QED) is 0.0267. The Labute approximate surface area is 426 Å². The molecule has 0 saturated carbocycles. The molecule has 6 atom stereocenters. The number of aliphatic hydroxyl groups excluding tert-OH is 4. The van der Waals surface area contributed by atoms with Gasteiger partial charge in [0.15, 0.2) is 6.29 Å². The van der Waals surface area contributed by atoms with Gasteiger partial charge >= 0.3 is 5.97 Å². The van der Waals surface area contributed by atoms with Crippen molar-refractivity contribution in [3.63, 3.8) is 0 Å². The first-order valence-electron chi connectivity index (χ1n) is 27.3. The Morgan fingerprint density at radius 2 is 0.829 bits per heavy atom. The topological polar surface area (TPSA) is 135 Å². The van der Waals surface area contributed by atoms with E-state index in [0.717, 1.165) is 109 Å². The van der Waals surface area contributed by atoms with Crippen LogP contribution in [0.3, 0.4) is 0 Å². The minimum absolute atomic E-state index is 0.114. The fourth-order valence-corrected chi connectivity index (χ4v) is 7.40. The zero-order chi connectivity index (χ0) is 50.6. The summed E-state index contributed by atoms with van der Waals surface area (Å²) in [6.07, 6.45) is 67.7. The third kappa shape index (κ3) is 40.0. The molecule has 0 aromatic heterocycles. The second kappa shape index (κ2) is 50.3. The van der Waals surface area contributed by atoms with Crippen LogP contribution in [0.5, 0.6) is 0 Å². The van der Waals surface area contributed by atoms with Crippen LogP contribution in [-0.4, -0.2) is 89.6 Å². The first kappa shape index (κ1) is 64.3. The maximum atomic E-state index is 12.9. The molecule has 4 N–H and O–H groups in total. The van der Waals surface area contributed by atoms with E-state index in [1.54, 1.807) is 0 Å². The minimum Gasteiger partial charge on any atom is -0.457 e. The monoisotopic (exact) mass is 975 g/mol. The van der Waals surface area contributed by atoms with Gasteiger partial charge in [-0.3, -0.25) is 4.79 Å². The van der Waals surface area contributed by atoms with Crippen LogP contribution in [0.1, 0.15) is 181 Å². The molecule has 0 aromatic carbocycles. The highest BCUT2D eigenvalue weighted by atomic mass is 16.7. The summed E-state index contributed by atoms with van der Waals surface area (Å²) in [5.41, 5.74) is 0. The second-order valence-corrected chi connectivity index (χ2v) is 17.9. The van der Waals surface area contributed by atoms with Crippen LogP contribution in [0, 0.1) is 0 Å². The molecule has 1 heterocycles. The average molecular weight is 975 g/mol. The Morgan fingerprint density at radius 1 is 0.457 bits per heavy atom. The molecule has 0 amide bonds. The molecule has 0 aromatic rings. The van der Waals surface area contributed by atoms with Crippen molar-refractivity contribution in [2.75, 3.05) is 26.4 Å². The molecule has 70 heavy (non-hydrogen) atoms. The molecule has 6 unspecified atom stereocenters. The molecule has 0 aliphatic carbocycles. The van der Waals surface area contributed by atoms with Crippen LogP contribution >= 0.6 is 0 Å². The van der Waals surface area contributed by atoms with Crippen molar-refractivity contribution in [1.29, 1.82) is 0 Å². The smallest absolute Gasteiger partial charge is 0.306 e. The molecular formula is C61H98O9. The van der Waals surface area contributed by atoms with E-state index in [4.69, 9.17) is 18.9 Å². The first-order chi connectivity index (χ1) is 34.4. The maximum Gasteiger partial charge on any atom is 0.306 e. The van der Waals surface area contributed by atoms with E-state index in [0.29, 0.717) is 13.0 Å². The van der Waals surface area contributed by atoms with Crippen molar-refractivity contribution in [3.05, 3.63) is 134 Å². The number of esters is 1. The van der Waals surface area contributed by atoms with Gasteiger partial charge in [0.2, 0.25) is 0 Å². The number of carbonyl (C=O) groups excluding carboxylic acids is 1. The Hall–Kier alpha value is -3.67. The van der Waals surface area contributed by atoms with Crippen molar-refractivity contribution < 1.29 is 44.2 Å². The lowest BCUT2D eigenvalue weighted by Gasteiger charge is -2.39. The van der Waals surface area contributed by atoms with Crippen LogP contribution in [0.2, 0.25) is 0 Å². The molecule has 1 rings (SSSR count). The number of ether oxygens (including phenoxy) is 4. The summed E-state index contributed by atoms with van der Waals surface area (Å²) in [7, 11) is 0. The third-order valence-electron chi connectivity index (χ3n) is 11.6. The Bertz CT molecular complexity index is 1530. The Balaban J connectivity index is 2.23. The highest BCUT2D eigenvalue weighted by Gasteiger charge is 2.44. The molecule has 396 valence electrons. The van der Waals surface area contributed by atoms with Crippen molar-refractivity contribution in [3.8, 4) is 0 Å². The van der Waals surface area contributed by atoms with Gasteiger partial charge in [-0.15, -0.1) is 0 Å². The van der Waals surface area contributed by atoms with Gasteiger partial charge in [-0.2, -0.15) is 0 Å². The zero-order valence-corrected chi connectivity index (χ0v) is 43.7. The summed E-state index contributed by atoms with van der Waals surface area (Å²) >= 11 is 0. The summed E-state index contributed by atoms with van der Waals surface area (Å²) < 4.78 is 22.9. The highest BCUT2D eigenvalue weighted by molar-refractivity contribution is 5.69. The fourth-order valence-electron chi connectivity index (χ4n) is 7.40.